The third-order valence-electron chi connectivity index (χ3n) is 6.25. The highest BCUT2D eigenvalue weighted by Gasteiger charge is 2.33. The normalized spacial score (nSPS) is 16.1. The minimum absolute atomic E-state index is 0.163. The number of nitrogens with zero attached hydrogens (tertiary/aromatic N) is 2. The number of benzene rings is 2. The first-order valence-electron chi connectivity index (χ1n) is 11.5. The van der Waals surface area contributed by atoms with Crippen LogP contribution in [0.1, 0.15) is 74.8 Å². The molecule has 1 atom stereocenters. The van der Waals surface area contributed by atoms with Crippen LogP contribution < -0.4 is 14.9 Å². The number of allylic oxidation sites excluding steroid dienone is 1. The van der Waals surface area contributed by atoms with Crippen molar-refractivity contribution in [1.82, 2.24) is 4.57 Å². The Bertz CT molecular complexity index is 1420. The fraction of sp³-hybridized carbons (Fsp3) is 0.321. The molecule has 3 aromatic rings. The maximum atomic E-state index is 13.6. The first-order chi connectivity index (χ1) is 16.2. The number of hydrogen-bond acceptors (Lipinski definition) is 5. The average Bonchev–Trinajstić information content (AvgIpc) is 3.12. The van der Waals surface area contributed by atoms with Crippen LogP contribution in [-0.4, -0.2) is 17.6 Å². The van der Waals surface area contributed by atoms with Gasteiger partial charge < -0.3 is 4.74 Å². The predicted molar refractivity (Wildman–Crippen MR) is 137 cm³/mol. The van der Waals surface area contributed by atoms with Gasteiger partial charge in [-0.15, -0.1) is 0 Å². The third-order valence-corrected chi connectivity index (χ3v) is 7.23. The van der Waals surface area contributed by atoms with Gasteiger partial charge in [0.2, 0.25) is 0 Å². The molecule has 0 amide bonds. The Morgan fingerprint density at radius 3 is 2.09 bits per heavy atom. The van der Waals surface area contributed by atoms with Crippen molar-refractivity contribution in [2.75, 3.05) is 7.11 Å². The fourth-order valence-corrected chi connectivity index (χ4v) is 5.25. The van der Waals surface area contributed by atoms with Gasteiger partial charge in [0, 0.05) is 0 Å². The summed E-state index contributed by atoms with van der Waals surface area (Å²) in [5, 5.41) is 0. The molecule has 2 heterocycles. The molecule has 0 bridgehead atoms. The lowest BCUT2D eigenvalue weighted by Gasteiger charge is -2.24. The average molecular weight is 475 g/mol. The van der Waals surface area contributed by atoms with Gasteiger partial charge in [0.15, 0.2) is 4.80 Å². The zero-order chi connectivity index (χ0) is 24.6. The molecule has 0 saturated heterocycles. The second-order valence-corrected chi connectivity index (χ2v) is 10.2. The Morgan fingerprint density at radius 1 is 1.00 bits per heavy atom. The largest absolute Gasteiger partial charge is 0.466 e. The number of esters is 1. The van der Waals surface area contributed by atoms with E-state index in [9.17, 15) is 9.59 Å². The number of ether oxygens (including phenoxy) is 1. The van der Waals surface area contributed by atoms with Gasteiger partial charge in [-0.2, -0.15) is 0 Å². The quantitative estimate of drug-likeness (QED) is 0.506. The molecule has 0 saturated carbocycles. The van der Waals surface area contributed by atoms with Crippen LogP contribution in [-0.2, 0) is 9.53 Å². The molecule has 2 aromatic carbocycles. The molecule has 0 spiro atoms. The number of aromatic nitrogens is 1. The van der Waals surface area contributed by atoms with Crippen molar-refractivity contribution < 1.29 is 9.53 Å². The van der Waals surface area contributed by atoms with Gasteiger partial charge in [0.25, 0.3) is 5.56 Å². The Morgan fingerprint density at radius 2 is 1.56 bits per heavy atom. The van der Waals surface area contributed by atoms with Crippen molar-refractivity contribution in [1.29, 1.82) is 0 Å². The standard InChI is InChI=1S/C28H30N2O3S/c1-16(2)20-9-7-19(8-10-20)15-23-26(31)30-25(22-13-11-21(12-14-22)17(3)4)24(27(32)33-6)18(5)29-28(30)34-23/h7-17,25H,1-6H3. The Kier molecular flexibility index (Phi) is 6.71. The predicted octanol–water partition coefficient (Wildman–Crippen LogP) is 4.66. The van der Waals surface area contributed by atoms with Gasteiger partial charge in [0.1, 0.15) is 0 Å². The Balaban J connectivity index is 1.89. The topological polar surface area (TPSA) is 60.7 Å². The van der Waals surface area contributed by atoms with Crippen molar-refractivity contribution in [2.24, 2.45) is 4.99 Å². The highest BCUT2D eigenvalue weighted by Crippen LogP contribution is 2.31. The molecule has 1 aliphatic heterocycles. The van der Waals surface area contributed by atoms with Crippen LogP contribution in [0, 0.1) is 0 Å². The molecule has 1 aromatic heterocycles. The van der Waals surface area contributed by atoms with Gasteiger partial charge in [0.05, 0.1) is 29.0 Å². The number of carbonyl (C=O) groups is 1. The van der Waals surface area contributed by atoms with Crippen LogP contribution in [0.4, 0.5) is 0 Å². The lowest BCUT2D eigenvalue weighted by Crippen LogP contribution is -2.39. The van der Waals surface area contributed by atoms with Gasteiger partial charge in [-0.3, -0.25) is 9.36 Å². The summed E-state index contributed by atoms with van der Waals surface area (Å²) in [4.78, 5) is 31.6. The molecule has 1 unspecified atom stereocenters. The third kappa shape index (κ3) is 4.42. The summed E-state index contributed by atoms with van der Waals surface area (Å²) in [6.07, 6.45) is 1.89. The van der Waals surface area contributed by atoms with Gasteiger partial charge >= 0.3 is 5.97 Å². The number of thiazole rings is 1. The van der Waals surface area contributed by atoms with E-state index >= 15 is 0 Å². The second kappa shape index (κ2) is 9.55. The summed E-state index contributed by atoms with van der Waals surface area (Å²) >= 11 is 1.34. The summed E-state index contributed by atoms with van der Waals surface area (Å²) in [6.45, 7) is 10.4. The van der Waals surface area contributed by atoms with Crippen LogP contribution in [0.25, 0.3) is 6.08 Å². The number of carbonyl (C=O) groups excluding carboxylic acids is 1. The lowest BCUT2D eigenvalue weighted by molar-refractivity contribution is -0.136. The molecule has 0 fully saturated rings. The summed E-state index contributed by atoms with van der Waals surface area (Å²) in [5.41, 5.74) is 5.05. The smallest absolute Gasteiger partial charge is 0.338 e. The molecule has 176 valence electrons. The minimum Gasteiger partial charge on any atom is -0.466 e. The van der Waals surface area contributed by atoms with Crippen LogP contribution in [0.15, 0.2) is 69.6 Å². The molecule has 1 aliphatic rings. The lowest BCUT2D eigenvalue weighted by atomic mass is 9.93. The van der Waals surface area contributed by atoms with Crippen molar-refractivity contribution in [3.63, 3.8) is 0 Å². The van der Waals surface area contributed by atoms with E-state index in [0.717, 1.165) is 11.1 Å². The number of hydrogen-bond donors (Lipinski definition) is 0. The molecular formula is C28H30N2O3S. The van der Waals surface area contributed by atoms with Crippen LogP contribution in [0.5, 0.6) is 0 Å². The summed E-state index contributed by atoms with van der Waals surface area (Å²) < 4.78 is 7.29. The van der Waals surface area contributed by atoms with E-state index in [2.05, 4.69) is 57.0 Å². The number of fused-ring (bicyclic) bond motifs is 1. The van der Waals surface area contributed by atoms with Crippen LogP contribution in [0.3, 0.4) is 0 Å². The molecule has 0 aliphatic carbocycles. The van der Waals surface area contributed by atoms with Crippen molar-refractivity contribution in [2.45, 2.75) is 52.5 Å². The number of rotatable bonds is 5. The summed E-state index contributed by atoms with van der Waals surface area (Å²) in [7, 11) is 1.35. The zero-order valence-electron chi connectivity index (χ0n) is 20.5. The van der Waals surface area contributed by atoms with E-state index in [4.69, 9.17) is 4.74 Å². The second-order valence-electron chi connectivity index (χ2n) is 9.22. The van der Waals surface area contributed by atoms with Crippen LogP contribution in [0.2, 0.25) is 0 Å². The molecule has 34 heavy (non-hydrogen) atoms. The molecule has 0 radical (unpaired) electrons. The Hall–Kier alpha value is -3.25. The molecule has 5 nitrogen and oxygen atoms in total. The van der Waals surface area contributed by atoms with E-state index in [1.54, 1.807) is 11.5 Å². The molecule has 0 N–H and O–H groups in total. The molecule has 4 rings (SSSR count). The van der Waals surface area contributed by atoms with Crippen molar-refractivity contribution in [3.8, 4) is 0 Å². The van der Waals surface area contributed by atoms with E-state index in [-0.39, 0.29) is 5.56 Å². The summed E-state index contributed by atoms with van der Waals surface area (Å²) in [6, 6.07) is 15.7. The highest BCUT2D eigenvalue weighted by molar-refractivity contribution is 7.07. The first kappa shape index (κ1) is 23.9. The van der Waals surface area contributed by atoms with E-state index in [1.165, 1.54) is 29.6 Å². The van der Waals surface area contributed by atoms with E-state index < -0.39 is 12.0 Å². The van der Waals surface area contributed by atoms with E-state index in [0.29, 0.717) is 32.4 Å². The van der Waals surface area contributed by atoms with Gasteiger partial charge in [-0.1, -0.05) is 87.6 Å². The van der Waals surface area contributed by atoms with Gasteiger partial charge in [-0.25, -0.2) is 9.79 Å². The fourth-order valence-electron chi connectivity index (χ4n) is 4.20. The SMILES string of the molecule is COC(=O)C1=C(C)N=c2sc(=Cc3ccc(C(C)C)cc3)c(=O)n2C1c1ccc(C(C)C)cc1. The van der Waals surface area contributed by atoms with Crippen molar-refractivity contribution in [3.05, 3.63) is 102 Å². The highest BCUT2D eigenvalue weighted by atomic mass is 32.1. The maximum absolute atomic E-state index is 13.6. The molecule has 6 heteroatoms. The zero-order valence-corrected chi connectivity index (χ0v) is 21.3. The molecular weight excluding hydrogens is 444 g/mol. The summed E-state index contributed by atoms with van der Waals surface area (Å²) in [5.74, 6) is 0.356. The van der Waals surface area contributed by atoms with Gasteiger partial charge in [-0.05, 0) is 47.1 Å². The number of methoxy groups -OCH3 is 1. The minimum atomic E-state index is -0.588. The Labute approximate surface area is 203 Å². The first-order valence-corrected chi connectivity index (χ1v) is 12.3. The van der Waals surface area contributed by atoms with Crippen molar-refractivity contribution >= 4 is 23.4 Å². The monoisotopic (exact) mass is 474 g/mol. The van der Waals surface area contributed by atoms with E-state index in [1.807, 2.05) is 30.3 Å². The maximum Gasteiger partial charge on any atom is 0.338 e. The van der Waals surface area contributed by atoms with Crippen LogP contribution >= 0.6 is 11.3 Å².